The van der Waals surface area contributed by atoms with Crippen molar-refractivity contribution in [1.82, 2.24) is 20.0 Å². The van der Waals surface area contributed by atoms with Gasteiger partial charge < -0.3 is 15.7 Å². The number of nitrogens with two attached hydrogens (primary N) is 1. The van der Waals surface area contributed by atoms with Crippen LogP contribution in [0.15, 0.2) is 11.1 Å². The molecular weight excluding hydrogens is 294 g/mol. The summed E-state index contributed by atoms with van der Waals surface area (Å²) in [5, 5.41) is 24.3. The van der Waals surface area contributed by atoms with Gasteiger partial charge in [0.05, 0.1) is 13.0 Å². The van der Waals surface area contributed by atoms with E-state index in [4.69, 9.17) is 16.2 Å². The van der Waals surface area contributed by atoms with Crippen molar-refractivity contribution in [2.75, 3.05) is 39.3 Å². The van der Waals surface area contributed by atoms with E-state index in [0.717, 1.165) is 31.9 Å². The molecule has 8 nitrogen and oxygen atoms in total. The van der Waals surface area contributed by atoms with Gasteiger partial charge in [-0.05, 0) is 12.8 Å². The first-order valence-corrected chi connectivity index (χ1v) is 8.19. The lowest BCUT2D eigenvalue weighted by Gasteiger charge is -2.35. The van der Waals surface area contributed by atoms with Crippen LogP contribution in [0.1, 0.15) is 30.9 Å². The Labute approximate surface area is 135 Å². The second kappa shape index (κ2) is 7.10. The second-order valence-electron chi connectivity index (χ2n) is 6.23. The zero-order valence-electron chi connectivity index (χ0n) is 13.3. The topological polar surface area (TPSA) is 118 Å². The van der Waals surface area contributed by atoms with Crippen molar-refractivity contribution in [1.29, 1.82) is 5.41 Å². The van der Waals surface area contributed by atoms with Gasteiger partial charge in [-0.1, -0.05) is 0 Å². The van der Waals surface area contributed by atoms with Crippen LogP contribution < -0.4 is 5.73 Å². The fraction of sp³-hybridized carbons (Fsp3) is 0.667. The summed E-state index contributed by atoms with van der Waals surface area (Å²) >= 11 is 0. The van der Waals surface area contributed by atoms with Gasteiger partial charge in [0, 0.05) is 50.4 Å². The van der Waals surface area contributed by atoms with Crippen LogP contribution in [0.4, 0.5) is 5.82 Å². The molecule has 1 aliphatic heterocycles. The summed E-state index contributed by atoms with van der Waals surface area (Å²) in [6.45, 7) is 4.20. The maximum atomic E-state index is 8.95. The second-order valence-corrected chi connectivity index (χ2v) is 6.23. The Morgan fingerprint density at radius 1 is 1.39 bits per heavy atom. The van der Waals surface area contributed by atoms with Crippen LogP contribution in [0.3, 0.4) is 0 Å². The van der Waals surface area contributed by atoms with Gasteiger partial charge in [-0.2, -0.15) is 5.10 Å². The third kappa shape index (κ3) is 4.29. The zero-order chi connectivity index (χ0) is 16.2. The van der Waals surface area contributed by atoms with Gasteiger partial charge in [0.1, 0.15) is 11.7 Å². The Morgan fingerprint density at radius 2 is 2.13 bits per heavy atom. The van der Waals surface area contributed by atoms with Gasteiger partial charge in [-0.15, -0.1) is 0 Å². The lowest BCUT2D eigenvalue weighted by atomic mass is 10.2. The highest BCUT2D eigenvalue weighted by Gasteiger charge is 2.25. The number of H-pyrrole nitrogens is 1. The van der Waals surface area contributed by atoms with Crippen molar-refractivity contribution >= 4 is 17.5 Å². The number of aliphatic hydroxyl groups is 1. The summed E-state index contributed by atoms with van der Waals surface area (Å²) < 4.78 is 0. The first kappa shape index (κ1) is 15.9. The molecule has 2 heterocycles. The third-order valence-electron chi connectivity index (χ3n) is 4.38. The first-order chi connectivity index (χ1) is 11.2. The molecule has 0 bridgehead atoms. The van der Waals surface area contributed by atoms with Gasteiger partial charge in [0.15, 0.2) is 5.82 Å². The molecule has 1 aliphatic carbocycles. The van der Waals surface area contributed by atoms with Gasteiger partial charge >= 0.3 is 0 Å². The molecule has 0 atom stereocenters. The number of hydrogen-bond donors (Lipinski definition) is 4. The highest BCUT2D eigenvalue weighted by atomic mass is 16.3. The Balaban J connectivity index is 1.49. The van der Waals surface area contributed by atoms with Gasteiger partial charge in [0.2, 0.25) is 0 Å². The summed E-state index contributed by atoms with van der Waals surface area (Å²) in [5.74, 6) is 2.13. The van der Waals surface area contributed by atoms with Crippen LogP contribution in [0, 0.1) is 5.41 Å². The predicted molar refractivity (Wildman–Crippen MR) is 89.3 cm³/mol. The minimum atomic E-state index is 0.184. The van der Waals surface area contributed by atoms with Crippen molar-refractivity contribution < 1.29 is 5.11 Å². The standard InChI is InChI=1S/C15H25N7O/c16-13(18-15-9-12(19-20-15)11-1-2-11)10-14(17)22-5-3-21(4-6-22)7-8-23/h9,11,17,23H,1-8,10H2,(H3,16,18,19,20). The summed E-state index contributed by atoms with van der Waals surface area (Å²) in [5.41, 5.74) is 7.11. The van der Waals surface area contributed by atoms with E-state index >= 15 is 0 Å². The predicted octanol–water partition coefficient (Wildman–Crippen LogP) is 0.253. The number of aromatic nitrogens is 2. The van der Waals surface area contributed by atoms with Crippen LogP contribution in [0.5, 0.6) is 0 Å². The van der Waals surface area contributed by atoms with E-state index in [0.29, 0.717) is 36.4 Å². The van der Waals surface area contributed by atoms with Crippen molar-refractivity contribution in [2.24, 2.45) is 10.7 Å². The number of amidine groups is 2. The molecule has 2 fully saturated rings. The van der Waals surface area contributed by atoms with Gasteiger partial charge in [0.25, 0.3) is 0 Å². The van der Waals surface area contributed by atoms with Crippen LogP contribution in [0.25, 0.3) is 0 Å². The average Bonchev–Trinajstić information content (AvgIpc) is 3.28. The molecule has 2 aliphatic rings. The van der Waals surface area contributed by atoms with Gasteiger partial charge in [-0.25, -0.2) is 4.99 Å². The number of hydrogen-bond acceptors (Lipinski definition) is 5. The Bertz CT molecular complexity index is 570. The molecule has 8 heteroatoms. The van der Waals surface area contributed by atoms with Crippen LogP contribution in [-0.4, -0.2) is 76.1 Å². The molecular formula is C15H25N7O. The van der Waals surface area contributed by atoms with Crippen molar-refractivity contribution in [2.45, 2.75) is 25.2 Å². The quantitative estimate of drug-likeness (QED) is 0.443. The molecule has 0 aromatic carbocycles. The summed E-state index contributed by atoms with van der Waals surface area (Å²) in [6, 6.07) is 1.95. The lowest BCUT2D eigenvalue weighted by Crippen LogP contribution is -2.49. The molecule has 0 spiro atoms. The van der Waals surface area contributed by atoms with E-state index in [-0.39, 0.29) is 6.61 Å². The maximum absolute atomic E-state index is 8.95. The summed E-state index contributed by atoms with van der Waals surface area (Å²) in [6.07, 6.45) is 2.77. The number of nitrogens with one attached hydrogen (secondary N) is 2. The normalized spacial score (nSPS) is 20.0. The number of nitrogens with zero attached hydrogens (tertiary/aromatic N) is 4. The number of aromatic amines is 1. The molecule has 0 radical (unpaired) electrons. The number of aliphatic imine (C=N–C) groups is 1. The first-order valence-electron chi connectivity index (χ1n) is 8.19. The monoisotopic (exact) mass is 319 g/mol. The molecule has 0 unspecified atom stereocenters. The zero-order valence-corrected chi connectivity index (χ0v) is 13.3. The molecule has 23 heavy (non-hydrogen) atoms. The van der Waals surface area contributed by atoms with E-state index in [1.54, 1.807) is 0 Å². The third-order valence-corrected chi connectivity index (χ3v) is 4.38. The van der Waals surface area contributed by atoms with Gasteiger partial charge in [-0.3, -0.25) is 15.4 Å². The molecule has 1 saturated carbocycles. The van der Waals surface area contributed by atoms with E-state index in [1.165, 1.54) is 12.8 Å². The SMILES string of the molecule is N=C(CC(N)=Nc1cc(C2CC2)[nH]n1)N1CCN(CCO)CC1. The van der Waals surface area contributed by atoms with E-state index in [1.807, 2.05) is 11.0 Å². The summed E-state index contributed by atoms with van der Waals surface area (Å²) in [4.78, 5) is 8.53. The van der Waals surface area contributed by atoms with Crippen LogP contribution in [0.2, 0.25) is 0 Å². The largest absolute Gasteiger partial charge is 0.395 e. The van der Waals surface area contributed by atoms with E-state index in [2.05, 4.69) is 20.1 Å². The Kier molecular flexibility index (Phi) is 4.92. The minimum Gasteiger partial charge on any atom is -0.395 e. The summed E-state index contributed by atoms with van der Waals surface area (Å²) in [7, 11) is 0. The number of β-amino-alcohol motifs (C(OH)–C–C–N with tert-alkyl or cyclic N) is 1. The highest BCUT2D eigenvalue weighted by Crippen LogP contribution is 2.39. The molecule has 0 amide bonds. The lowest BCUT2D eigenvalue weighted by molar-refractivity contribution is 0.146. The van der Waals surface area contributed by atoms with Crippen molar-refractivity contribution in [3.8, 4) is 0 Å². The minimum absolute atomic E-state index is 0.184. The fourth-order valence-electron chi connectivity index (χ4n) is 2.84. The fourth-order valence-corrected chi connectivity index (χ4v) is 2.84. The number of aliphatic hydroxyl groups excluding tert-OH is 1. The molecule has 1 aromatic rings. The number of rotatable bonds is 6. The number of piperazine rings is 1. The molecule has 3 rings (SSSR count). The van der Waals surface area contributed by atoms with E-state index in [9.17, 15) is 0 Å². The smallest absolute Gasteiger partial charge is 0.175 e. The van der Waals surface area contributed by atoms with Crippen molar-refractivity contribution in [3.63, 3.8) is 0 Å². The highest BCUT2D eigenvalue weighted by molar-refractivity contribution is 6.01. The molecule has 1 aromatic heterocycles. The van der Waals surface area contributed by atoms with E-state index < -0.39 is 0 Å². The average molecular weight is 319 g/mol. The Morgan fingerprint density at radius 3 is 2.78 bits per heavy atom. The Hall–Kier alpha value is -1.93. The van der Waals surface area contributed by atoms with Crippen LogP contribution in [-0.2, 0) is 0 Å². The molecule has 5 N–H and O–H groups in total. The molecule has 126 valence electrons. The van der Waals surface area contributed by atoms with Crippen LogP contribution >= 0.6 is 0 Å². The van der Waals surface area contributed by atoms with Crippen molar-refractivity contribution in [3.05, 3.63) is 11.8 Å². The maximum Gasteiger partial charge on any atom is 0.175 e. The molecule has 1 saturated heterocycles.